The lowest BCUT2D eigenvalue weighted by Gasteiger charge is -1.95. The Bertz CT molecular complexity index is 773. The second-order valence-electron chi connectivity index (χ2n) is 4.26. The van der Waals surface area contributed by atoms with Crippen LogP contribution in [-0.2, 0) is 0 Å². The fourth-order valence-corrected chi connectivity index (χ4v) is 3.48. The number of carbonyl (C=O) groups excluding carboxylic acids is 1. The van der Waals surface area contributed by atoms with Crippen LogP contribution in [0.15, 0.2) is 53.2 Å². The van der Waals surface area contributed by atoms with Crippen molar-refractivity contribution in [1.29, 1.82) is 0 Å². The molecule has 0 N–H and O–H groups in total. The first kappa shape index (κ1) is 14.2. The molecular formula is C16H10ClNOS2. The van der Waals surface area contributed by atoms with E-state index in [1.165, 1.54) is 6.08 Å². The lowest BCUT2D eigenvalue weighted by Crippen LogP contribution is -1.93. The maximum Gasteiger partial charge on any atom is 0.185 e. The quantitative estimate of drug-likeness (QED) is 0.472. The monoisotopic (exact) mass is 331 g/mol. The van der Waals surface area contributed by atoms with Gasteiger partial charge in [-0.1, -0.05) is 17.7 Å². The molecule has 3 aromatic rings. The predicted octanol–water partition coefficient (Wildman–Crippen LogP) is 5.42. The van der Waals surface area contributed by atoms with E-state index < -0.39 is 0 Å². The van der Waals surface area contributed by atoms with Gasteiger partial charge in [0.2, 0.25) is 0 Å². The average Bonchev–Trinajstić information content (AvgIpc) is 3.16. The van der Waals surface area contributed by atoms with E-state index in [2.05, 4.69) is 4.98 Å². The van der Waals surface area contributed by atoms with Crippen LogP contribution in [0.2, 0.25) is 5.02 Å². The second-order valence-corrected chi connectivity index (χ2v) is 6.50. The van der Waals surface area contributed by atoms with Gasteiger partial charge in [0.1, 0.15) is 5.01 Å². The number of nitrogens with zero attached hydrogens (tertiary/aromatic N) is 1. The zero-order chi connectivity index (χ0) is 14.7. The van der Waals surface area contributed by atoms with Crippen LogP contribution in [0.5, 0.6) is 0 Å². The number of hydrogen-bond donors (Lipinski definition) is 0. The minimum absolute atomic E-state index is 0.0580. The molecule has 21 heavy (non-hydrogen) atoms. The molecule has 2 nitrogen and oxygen atoms in total. The Kier molecular flexibility index (Phi) is 4.29. The third kappa shape index (κ3) is 3.47. The third-order valence-corrected chi connectivity index (χ3v) is 4.94. The fraction of sp³-hybridized carbons (Fsp3) is 0. The number of hydrogen-bond acceptors (Lipinski definition) is 4. The molecule has 0 spiro atoms. The smallest absolute Gasteiger partial charge is 0.185 e. The number of carbonyl (C=O) groups is 1. The Hall–Kier alpha value is -1.75. The van der Waals surface area contributed by atoms with E-state index in [9.17, 15) is 4.79 Å². The van der Waals surface area contributed by atoms with Crippen LogP contribution >= 0.6 is 34.3 Å². The summed E-state index contributed by atoms with van der Waals surface area (Å²) in [5.74, 6) is -0.0580. The molecule has 2 heterocycles. The van der Waals surface area contributed by atoms with Crippen molar-refractivity contribution in [3.05, 3.63) is 69.5 Å². The molecule has 0 bridgehead atoms. The van der Waals surface area contributed by atoms with Gasteiger partial charge in [-0.25, -0.2) is 4.98 Å². The lowest BCUT2D eigenvalue weighted by molar-refractivity contribution is 0.104. The number of benzene rings is 1. The first-order valence-corrected chi connectivity index (χ1v) is 8.33. The summed E-state index contributed by atoms with van der Waals surface area (Å²) in [7, 11) is 0. The molecule has 1 aromatic carbocycles. The van der Waals surface area contributed by atoms with Gasteiger partial charge in [0.25, 0.3) is 0 Å². The van der Waals surface area contributed by atoms with Crippen LogP contribution in [0.25, 0.3) is 16.0 Å². The number of allylic oxidation sites excluding steroid dienone is 1. The Morgan fingerprint density at radius 1 is 1.14 bits per heavy atom. The van der Waals surface area contributed by atoms with E-state index in [4.69, 9.17) is 11.6 Å². The Labute approximate surface area is 135 Å². The van der Waals surface area contributed by atoms with Gasteiger partial charge in [-0.05, 0) is 47.9 Å². The molecule has 3 rings (SSSR count). The molecule has 0 saturated heterocycles. The average molecular weight is 332 g/mol. The van der Waals surface area contributed by atoms with Gasteiger partial charge in [0, 0.05) is 16.0 Å². The summed E-state index contributed by atoms with van der Waals surface area (Å²) in [6, 6.07) is 10.9. The number of ketones is 1. The largest absolute Gasteiger partial charge is 0.289 e. The van der Waals surface area contributed by atoms with E-state index in [0.717, 1.165) is 15.6 Å². The van der Waals surface area contributed by atoms with Gasteiger partial charge in [-0.15, -0.1) is 22.7 Å². The first-order valence-electron chi connectivity index (χ1n) is 6.20. The van der Waals surface area contributed by atoms with Gasteiger partial charge in [0.15, 0.2) is 5.78 Å². The summed E-state index contributed by atoms with van der Waals surface area (Å²) in [6.45, 7) is 0. The zero-order valence-corrected chi connectivity index (χ0v) is 13.2. The molecule has 0 aliphatic rings. The van der Waals surface area contributed by atoms with E-state index >= 15 is 0 Å². The number of halogens is 1. The summed E-state index contributed by atoms with van der Waals surface area (Å²) in [6.07, 6.45) is 3.28. The highest BCUT2D eigenvalue weighted by Gasteiger charge is 2.05. The zero-order valence-electron chi connectivity index (χ0n) is 10.8. The lowest BCUT2D eigenvalue weighted by atomic mass is 10.1. The van der Waals surface area contributed by atoms with Crippen molar-refractivity contribution in [2.24, 2.45) is 0 Å². The van der Waals surface area contributed by atoms with Gasteiger partial charge >= 0.3 is 0 Å². The Morgan fingerprint density at radius 3 is 2.67 bits per heavy atom. The van der Waals surface area contributed by atoms with Crippen LogP contribution in [0.4, 0.5) is 0 Å². The van der Waals surface area contributed by atoms with Crippen molar-refractivity contribution >= 4 is 46.1 Å². The van der Waals surface area contributed by atoms with Gasteiger partial charge < -0.3 is 0 Å². The molecule has 2 aromatic heterocycles. The van der Waals surface area contributed by atoms with Crippen molar-refractivity contribution in [1.82, 2.24) is 4.98 Å². The number of thiazole rings is 1. The molecule has 0 radical (unpaired) electrons. The third-order valence-electron chi connectivity index (χ3n) is 2.79. The molecule has 0 atom stereocenters. The predicted molar refractivity (Wildman–Crippen MR) is 90.2 cm³/mol. The summed E-state index contributed by atoms with van der Waals surface area (Å²) in [4.78, 5) is 17.7. The van der Waals surface area contributed by atoms with Crippen LogP contribution < -0.4 is 0 Å². The highest BCUT2D eigenvalue weighted by molar-refractivity contribution is 7.20. The highest BCUT2D eigenvalue weighted by atomic mass is 35.5. The Balaban J connectivity index is 1.74. The van der Waals surface area contributed by atoms with Crippen LogP contribution in [0.3, 0.4) is 0 Å². The van der Waals surface area contributed by atoms with Gasteiger partial charge in [0.05, 0.1) is 10.6 Å². The molecule has 0 unspecified atom stereocenters. The number of aromatic nitrogens is 1. The van der Waals surface area contributed by atoms with E-state index in [0.29, 0.717) is 10.6 Å². The van der Waals surface area contributed by atoms with Crippen molar-refractivity contribution in [2.45, 2.75) is 0 Å². The van der Waals surface area contributed by atoms with Crippen molar-refractivity contribution in [3.63, 3.8) is 0 Å². The van der Waals surface area contributed by atoms with Crippen molar-refractivity contribution in [3.8, 4) is 9.88 Å². The van der Waals surface area contributed by atoms with Crippen LogP contribution in [0.1, 0.15) is 16.1 Å². The minimum atomic E-state index is -0.0580. The van der Waals surface area contributed by atoms with Crippen molar-refractivity contribution in [2.75, 3.05) is 0 Å². The van der Waals surface area contributed by atoms with E-state index in [1.807, 2.05) is 22.9 Å². The molecule has 0 fully saturated rings. The molecule has 0 aliphatic carbocycles. The minimum Gasteiger partial charge on any atom is -0.289 e. The van der Waals surface area contributed by atoms with E-state index in [-0.39, 0.29) is 5.78 Å². The maximum absolute atomic E-state index is 12.0. The van der Waals surface area contributed by atoms with Gasteiger partial charge in [-0.2, -0.15) is 0 Å². The van der Waals surface area contributed by atoms with Gasteiger partial charge in [-0.3, -0.25) is 4.79 Å². The summed E-state index contributed by atoms with van der Waals surface area (Å²) in [5, 5.41) is 5.57. The molecule has 104 valence electrons. The van der Waals surface area contributed by atoms with Crippen molar-refractivity contribution < 1.29 is 4.79 Å². The molecule has 0 amide bonds. The fourth-order valence-electron chi connectivity index (χ4n) is 1.75. The maximum atomic E-state index is 12.0. The topological polar surface area (TPSA) is 30.0 Å². The number of thiophene rings is 1. The molecule has 0 saturated carbocycles. The normalized spacial score (nSPS) is 11.1. The summed E-state index contributed by atoms with van der Waals surface area (Å²) >= 11 is 9.04. The van der Waals surface area contributed by atoms with Crippen LogP contribution in [0, 0.1) is 0 Å². The van der Waals surface area contributed by atoms with Crippen LogP contribution in [-0.4, -0.2) is 10.8 Å². The first-order chi connectivity index (χ1) is 10.2. The SMILES string of the molecule is O=C(C=Cc1csc(-c2cccs2)n1)c1ccc(Cl)cc1. The Morgan fingerprint density at radius 2 is 1.95 bits per heavy atom. The number of rotatable bonds is 4. The highest BCUT2D eigenvalue weighted by Crippen LogP contribution is 2.28. The second kappa shape index (κ2) is 6.35. The standard InChI is InChI=1S/C16H10ClNOS2/c17-12-5-3-11(4-6-12)14(19)8-7-13-10-21-16(18-13)15-2-1-9-20-15/h1-10H. The van der Waals surface area contributed by atoms with E-state index in [1.54, 1.807) is 53.0 Å². The molecule has 0 aliphatic heterocycles. The molecule has 5 heteroatoms. The molecular weight excluding hydrogens is 322 g/mol. The summed E-state index contributed by atoms with van der Waals surface area (Å²) < 4.78 is 0. The summed E-state index contributed by atoms with van der Waals surface area (Å²) in [5.41, 5.74) is 1.41.